The molecule has 2 amide bonds. The van der Waals surface area contributed by atoms with Crippen LogP contribution in [0.3, 0.4) is 0 Å². The van der Waals surface area contributed by atoms with Gasteiger partial charge in [0.15, 0.2) is 0 Å². The number of para-hydroxylation sites is 1. The van der Waals surface area contributed by atoms with E-state index in [0.29, 0.717) is 12.1 Å². The number of benzene rings is 1. The second-order valence-corrected chi connectivity index (χ2v) is 6.51. The van der Waals surface area contributed by atoms with Crippen LogP contribution in [0.2, 0.25) is 0 Å². The fraction of sp³-hybridized carbons (Fsp3) is 0.611. The number of amides is 2. The Hall–Kier alpha value is -1.71. The molecule has 4 nitrogen and oxygen atoms in total. The van der Waals surface area contributed by atoms with Crippen molar-refractivity contribution in [2.24, 2.45) is 0 Å². The molecule has 1 saturated heterocycles. The van der Waals surface area contributed by atoms with Gasteiger partial charge in [-0.2, -0.15) is 0 Å². The molecular weight excluding hydrogens is 274 g/mol. The van der Waals surface area contributed by atoms with E-state index in [2.05, 4.69) is 39.8 Å². The molecule has 4 heteroatoms. The second-order valence-electron chi connectivity index (χ2n) is 6.51. The fourth-order valence-corrected chi connectivity index (χ4v) is 3.70. The predicted octanol–water partition coefficient (Wildman–Crippen LogP) is 3.29. The highest BCUT2D eigenvalue weighted by Gasteiger charge is 2.25. The smallest absolute Gasteiger partial charge is 0.315 e. The summed E-state index contributed by atoms with van der Waals surface area (Å²) in [5, 5.41) is 6.21. The van der Waals surface area contributed by atoms with Gasteiger partial charge in [-0.25, -0.2) is 4.79 Å². The number of urea groups is 1. The first-order valence-corrected chi connectivity index (χ1v) is 8.69. The van der Waals surface area contributed by atoms with Crippen molar-refractivity contribution in [3.8, 4) is 0 Å². The Labute approximate surface area is 133 Å². The third-order valence-corrected chi connectivity index (χ3v) is 4.90. The molecule has 120 valence electrons. The van der Waals surface area contributed by atoms with Crippen molar-refractivity contribution in [2.75, 3.05) is 18.0 Å². The standard InChI is InChI=1S/C18H27N3O/c22-18(20-15-8-3-1-4-9-15)19-14-17-12-7-13-21(17)16-10-5-2-6-11-16/h2,5-6,10-11,15,17H,1,3-4,7-9,12-14H2,(H2,19,20,22). The first-order chi connectivity index (χ1) is 10.8. The Morgan fingerprint density at radius 2 is 1.82 bits per heavy atom. The zero-order chi connectivity index (χ0) is 15.2. The molecule has 2 fully saturated rings. The molecule has 0 radical (unpaired) electrons. The van der Waals surface area contributed by atoms with Gasteiger partial charge in [-0.05, 0) is 37.8 Å². The van der Waals surface area contributed by atoms with E-state index >= 15 is 0 Å². The van der Waals surface area contributed by atoms with Gasteiger partial charge < -0.3 is 15.5 Å². The minimum atomic E-state index is 0.00631. The van der Waals surface area contributed by atoms with Crippen LogP contribution in [0, 0.1) is 0 Å². The van der Waals surface area contributed by atoms with Crippen molar-refractivity contribution in [1.29, 1.82) is 0 Å². The van der Waals surface area contributed by atoms with Crippen LogP contribution in [0.15, 0.2) is 30.3 Å². The van der Waals surface area contributed by atoms with Gasteiger partial charge in [0.1, 0.15) is 0 Å². The molecule has 1 atom stereocenters. The van der Waals surface area contributed by atoms with Gasteiger partial charge in [0.05, 0.1) is 0 Å². The van der Waals surface area contributed by atoms with Gasteiger partial charge in [0, 0.05) is 30.9 Å². The van der Waals surface area contributed by atoms with Crippen molar-refractivity contribution in [3.63, 3.8) is 0 Å². The summed E-state index contributed by atoms with van der Waals surface area (Å²) in [7, 11) is 0. The number of hydrogen-bond donors (Lipinski definition) is 2. The van der Waals surface area contributed by atoms with Crippen LogP contribution in [-0.2, 0) is 0 Å². The molecule has 3 rings (SSSR count). The number of nitrogens with one attached hydrogen (secondary N) is 2. The summed E-state index contributed by atoms with van der Waals surface area (Å²) in [5.41, 5.74) is 1.26. The number of carbonyl (C=O) groups is 1. The number of rotatable bonds is 4. The third kappa shape index (κ3) is 3.93. The first kappa shape index (κ1) is 15.2. The van der Waals surface area contributed by atoms with Crippen molar-refractivity contribution >= 4 is 11.7 Å². The van der Waals surface area contributed by atoms with Crippen molar-refractivity contribution < 1.29 is 4.79 Å². The average Bonchev–Trinajstić information content (AvgIpc) is 3.03. The summed E-state index contributed by atoms with van der Waals surface area (Å²) in [6, 6.07) is 11.3. The first-order valence-electron chi connectivity index (χ1n) is 8.69. The second kappa shape index (κ2) is 7.52. The highest BCUT2D eigenvalue weighted by molar-refractivity contribution is 5.74. The van der Waals surface area contributed by atoms with Crippen LogP contribution in [0.1, 0.15) is 44.9 Å². The molecule has 2 N–H and O–H groups in total. The van der Waals surface area contributed by atoms with Crippen LogP contribution in [0.4, 0.5) is 10.5 Å². The van der Waals surface area contributed by atoms with Gasteiger partial charge in [-0.1, -0.05) is 37.5 Å². The average molecular weight is 301 g/mol. The molecule has 1 saturated carbocycles. The molecule has 0 aromatic heterocycles. The Morgan fingerprint density at radius 1 is 1.05 bits per heavy atom. The summed E-state index contributed by atoms with van der Waals surface area (Å²) in [5.74, 6) is 0. The zero-order valence-electron chi connectivity index (χ0n) is 13.3. The van der Waals surface area contributed by atoms with Gasteiger partial charge in [0.25, 0.3) is 0 Å². The molecule has 1 unspecified atom stereocenters. The highest BCUT2D eigenvalue weighted by atomic mass is 16.2. The Morgan fingerprint density at radius 3 is 2.59 bits per heavy atom. The topological polar surface area (TPSA) is 44.4 Å². The van der Waals surface area contributed by atoms with Gasteiger partial charge in [-0.15, -0.1) is 0 Å². The summed E-state index contributed by atoms with van der Waals surface area (Å²) < 4.78 is 0. The largest absolute Gasteiger partial charge is 0.367 e. The molecule has 22 heavy (non-hydrogen) atoms. The Kier molecular flexibility index (Phi) is 5.20. The van der Waals surface area contributed by atoms with Crippen LogP contribution in [0.5, 0.6) is 0 Å². The van der Waals surface area contributed by atoms with E-state index in [1.165, 1.54) is 31.4 Å². The minimum Gasteiger partial charge on any atom is -0.367 e. The van der Waals surface area contributed by atoms with Crippen LogP contribution >= 0.6 is 0 Å². The lowest BCUT2D eigenvalue weighted by Gasteiger charge is -2.28. The van der Waals surface area contributed by atoms with E-state index < -0.39 is 0 Å². The van der Waals surface area contributed by atoms with Crippen LogP contribution in [0.25, 0.3) is 0 Å². The maximum Gasteiger partial charge on any atom is 0.315 e. The van der Waals surface area contributed by atoms with Crippen LogP contribution in [-0.4, -0.2) is 31.2 Å². The summed E-state index contributed by atoms with van der Waals surface area (Å²) in [4.78, 5) is 14.5. The SMILES string of the molecule is O=C(NCC1CCCN1c1ccccc1)NC1CCCCC1. The van der Waals surface area contributed by atoms with E-state index in [1.807, 2.05) is 6.07 Å². The molecule has 1 aliphatic carbocycles. The number of nitrogens with zero attached hydrogens (tertiary/aromatic N) is 1. The van der Waals surface area contributed by atoms with Crippen molar-refractivity contribution in [3.05, 3.63) is 30.3 Å². The van der Waals surface area contributed by atoms with E-state index in [9.17, 15) is 4.79 Å². The molecule has 0 bridgehead atoms. The molecule has 0 spiro atoms. The number of carbonyl (C=O) groups excluding carboxylic acids is 1. The van der Waals surface area contributed by atoms with Crippen molar-refractivity contribution in [2.45, 2.75) is 57.0 Å². The number of anilines is 1. The van der Waals surface area contributed by atoms with E-state index in [4.69, 9.17) is 0 Å². The number of hydrogen-bond acceptors (Lipinski definition) is 2. The van der Waals surface area contributed by atoms with E-state index in [0.717, 1.165) is 32.4 Å². The molecule has 1 aromatic rings. The molecular formula is C18H27N3O. The van der Waals surface area contributed by atoms with Gasteiger partial charge >= 0.3 is 6.03 Å². The molecule has 1 aliphatic heterocycles. The lowest BCUT2D eigenvalue weighted by Crippen LogP contribution is -2.47. The van der Waals surface area contributed by atoms with Crippen LogP contribution < -0.4 is 15.5 Å². The maximum absolute atomic E-state index is 12.1. The summed E-state index contributed by atoms with van der Waals surface area (Å²) in [6.07, 6.45) is 8.42. The summed E-state index contributed by atoms with van der Waals surface area (Å²) >= 11 is 0. The normalized spacial score (nSPS) is 22.5. The molecule has 1 aromatic carbocycles. The predicted molar refractivity (Wildman–Crippen MR) is 90.2 cm³/mol. The summed E-state index contributed by atoms with van der Waals surface area (Å²) in [6.45, 7) is 1.81. The fourth-order valence-electron chi connectivity index (χ4n) is 3.70. The molecule has 2 aliphatic rings. The van der Waals surface area contributed by atoms with E-state index in [1.54, 1.807) is 0 Å². The Bertz CT molecular complexity index is 470. The highest BCUT2D eigenvalue weighted by Crippen LogP contribution is 2.24. The third-order valence-electron chi connectivity index (χ3n) is 4.90. The quantitative estimate of drug-likeness (QED) is 0.896. The molecule has 1 heterocycles. The van der Waals surface area contributed by atoms with Gasteiger partial charge in [-0.3, -0.25) is 0 Å². The lowest BCUT2D eigenvalue weighted by atomic mass is 9.96. The van der Waals surface area contributed by atoms with Gasteiger partial charge in [0.2, 0.25) is 0 Å². The van der Waals surface area contributed by atoms with E-state index in [-0.39, 0.29) is 6.03 Å². The minimum absolute atomic E-state index is 0.00631. The van der Waals surface area contributed by atoms with Crippen molar-refractivity contribution in [1.82, 2.24) is 10.6 Å². The maximum atomic E-state index is 12.1. The Balaban J connectivity index is 1.47. The lowest BCUT2D eigenvalue weighted by molar-refractivity contribution is 0.232. The zero-order valence-corrected chi connectivity index (χ0v) is 13.3. The monoisotopic (exact) mass is 301 g/mol.